The first kappa shape index (κ1) is 19.2. The fraction of sp³-hybridized carbons (Fsp3) is 0.350. The number of aryl methyl sites for hydroxylation is 2. The third-order valence-electron chi connectivity index (χ3n) is 4.73. The lowest BCUT2D eigenvalue weighted by Crippen LogP contribution is -2.48. The first-order valence-corrected chi connectivity index (χ1v) is 9.27. The number of aromatic nitrogens is 1. The van der Waals surface area contributed by atoms with Crippen LogP contribution >= 0.6 is 11.6 Å². The normalized spacial score (nSPS) is 14.2. The third-order valence-corrected chi connectivity index (χ3v) is 5.03. The smallest absolute Gasteiger partial charge is 0.257 e. The molecular weight excluding hydrogens is 364 g/mol. The van der Waals surface area contributed by atoms with Crippen molar-refractivity contribution in [2.24, 2.45) is 0 Å². The maximum Gasteiger partial charge on any atom is 0.257 e. The van der Waals surface area contributed by atoms with Crippen molar-refractivity contribution in [1.82, 2.24) is 9.88 Å². The molecule has 2 aromatic rings. The summed E-state index contributed by atoms with van der Waals surface area (Å²) in [6, 6.07) is 7.39. The van der Waals surface area contributed by atoms with Gasteiger partial charge in [0.25, 0.3) is 5.91 Å². The van der Waals surface area contributed by atoms with E-state index in [-0.39, 0.29) is 11.8 Å². The van der Waals surface area contributed by atoms with Crippen LogP contribution in [-0.2, 0) is 4.79 Å². The number of nitrogens with one attached hydrogen (secondary N) is 1. The number of hydrogen-bond acceptors (Lipinski definition) is 4. The quantitative estimate of drug-likeness (QED) is 0.879. The Morgan fingerprint density at radius 1 is 1.11 bits per heavy atom. The van der Waals surface area contributed by atoms with E-state index in [2.05, 4.69) is 15.2 Å². The monoisotopic (exact) mass is 386 g/mol. The Morgan fingerprint density at radius 3 is 2.37 bits per heavy atom. The highest BCUT2D eigenvalue weighted by atomic mass is 35.5. The average molecular weight is 387 g/mol. The van der Waals surface area contributed by atoms with Crippen molar-refractivity contribution in [3.8, 4) is 0 Å². The third kappa shape index (κ3) is 4.39. The molecule has 0 atom stereocenters. The molecule has 1 fully saturated rings. The van der Waals surface area contributed by atoms with Gasteiger partial charge in [0.1, 0.15) is 5.82 Å². The lowest BCUT2D eigenvalue weighted by molar-refractivity contribution is -0.129. The summed E-state index contributed by atoms with van der Waals surface area (Å²) >= 11 is 6.26. The maximum atomic E-state index is 12.5. The molecule has 1 N–H and O–H groups in total. The van der Waals surface area contributed by atoms with Crippen LogP contribution in [0.25, 0.3) is 0 Å². The Morgan fingerprint density at radius 2 is 1.81 bits per heavy atom. The number of halogens is 1. The van der Waals surface area contributed by atoms with Crippen LogP contribution in [0.2, 0.25) is 5.02 Å². The van der Waals surface area contributed by atoms with E-state index in [0.29, 0.717) is 29.4 Å². The Hall–Kier alpha value is -2.60. The second kappa shape index (κ2) is 7.96. The minimum atomic E-state index is -0.246. The highest BCUT2D eigenvalue weighted by molar-refractivity contribution is 6.34. The molecule has 0 unspecified atom stereocenters. The maximum absolute atomic E-state index is 12.5. The van der Waals surface area contributed by atoms with Gasteiger partial charge in [0, 0.05) is 39.3 Å². The SMILES string of the molecule is CC(=O)N1CCN(c2ccc(C(=O)Nc3c(C)cc(C)cc3Cl)cn2)CC1. The molecule has 3 rings (SSSR count). The zero-order valence-corrected chi connectivity index (χ0v) is 16.5. The summed E-state index contributed by atoms with van der Waals surface area (Å²) < 4.78 is 0. The second-order valence-electron chi connectivity index (χ2n) is 6.79. The molecule has 2 heterocycles. The van der Waals surface area contributed by atoms with Crippen LogP contribution in [0.4, 0.5) is 11.5 Å². The molecule has 0 spiro atoms. The van der Waals surface area contributed by atoms with Gasteiger partial charge in [-0.1, -0.05) is 17.7 Å². The molecule has 1 aromatic carbocycles. The number of rotatable bonds is 3. The number of nitrogens with zero attached hydrogens (tertiary/aromatic N) is 3. The number of benzene rings is 1. The molecule has 6 nitrogen and oxygen atoms in total. The van der Waals surface area contributed by atoms with E-state index >= 15 is 0 Å². The van der Waals surface area contributed by atoms with Crippen LogP contribution < -0.4 is 10.2 Å². The van der Waals surface area contributed by atoms with E-state index in [1.54, 1.807) is 19.2 Å². The summed E-state index contributed by atoms with van der Waals surface area (Å²) in [6.45, 7) is 8.30. The van der Waals surface area contributed by atoms with Crippen LogP contribution in [0.1, 0.15) is 28.4 Å². The first-order valence-electron chi connectivity index (χ1n) is 8.90. The van der Waals surface area contributed by atoms with Crippen molar-refractivity contribution < 1.29 is 9.59 Å². The summed E-state index contributed by atoms with van der Waals surface area (Å²) in [6.07, 6.45) is 1.57. The zero-order chi connectivity index (χ0) is 19.6. The van der Waals surface area contributed by atoms with E-state index in [4.69, 9.17) is 11.6 Å². The molecular formula is C20H23ClN4O2. The molecule has 0 saturated carbocycles. The summed E-state index contributed by atoms with van der Waals surface area (Å²) in [5.74, 6) is 0.656. The van der Waals surface area contributed by atoms with Crippen molar-refractivity contribution in [2.45, 2.75) is 20.8 Å². The van der Waals surface area contributed by atoms with Crippen LogP contribution in [0.15, 0.2) is 30.5 Å². The average Bonchev–Trinajstić information content (AvgIpc) is 2.64. The Kier molecular flexibility index (Phi) is 5.65. The first-order chi connectivity index (χ1) is 12.8. The van der Waals surface area contributed by atoms with Crippen LogP contribution in [0.5, 0.6) is 0 Å². The standard InChI is InChI=1S/C20H23ClN4O2/c1-13-10-14(2)19(17(21)11-13)23-20(27)16-4-5-18(22-12-16)25-8-6-24(7-9-25)15(3)26/h4-5,10-12H,6-9H2,1-3H3,(H,23,27). The summed E-state index contributed by atoms with van der Waals surface area (Å²) in [5, 5.41) is 3.39. The van der Waals surface area contributed by atoms with Gasteiger partial charge in [0.05, 0.1) is 16.3 Å². The summed E-state index contributed by atoms with van der Waals surface area (Å²) in [4.78, 5) is 32.3. The van der Waals surface area contributed by atoms with Gasteiger partial charge in [-0.15, -0.1) is 0 Å². The Bertz CT molecular complexity index is 836. The Labute approximate surface area is 164 Å². The topological polar surface area (TPSA) is 65.5 Å². The number of pyridine rings is 1. The van der Waals surface area contributed by atoms with Crippen molar-refractivity contribution >= 4 is 34.9 Å². The predicted molar refractivity (Wildman–Crippen MR) is 108 cm³/mol. The molecule has 1 aliphatic heterocycles. The van der Waals surface area contributed by atoms with E-state index in [1.807, 2.05) is 36.9 Å². The van der Waals surface area contributed by atoms with Gasteiger partial charge >= 0.3 is 0 Å². The molecule has 0 radical (unpaired) electrons. The molecule has 27 heavy (non-hydrogen) atoms. The van der Waals surface area contributed by atoms with E-state index in [9.17, 15) is 9.59 Å². The number of carbonyl (C=O) groups is 2. The van der Waals surface area contributed by atoms with Crippen LogP contribution in [-0.4, -0.2) is 47.9 Å². The number of piperazine rings is 1. The number of carbonyl (C=O) groups excluding carboxylic acids is 2. The summed E-state index contributed by atoms with van der Waals surface area (Å²) in [5.41, 5.74) is 3.06. The molecule has 1 saturated heterocycles. The highest BCUT2D eigenvalue weighted by Gasteiger charge is 2.20. The van der Waals surface area contributed by atoms with Crippen molar-refractivity contribution in [1.29, 1.82) is 0 Å². The van der Waals surface area contributed by atoms with Gasteiger partial charge in [-0.05, 0) is 43.2 Å². The van der Waals surface area contributed by atoms with Gasteiger partial charge in [0.15, 0.2) is 0 Å². The lowest BCUT2D eigenvalue weighted by atomic mass is 10.1. The number of hydrogen-bond donors (Lipinski definition) is 1. The van der Waals surface area contributed by atoms with Gasteiger partial charge in [-0.2, -0.15) is 0 Å². The molecule has 0 aliphatic carbocycles. The lowest BCUT2D eigenvalue weighted by Gasteiger charge is -2.34. The van der Waals surface area contributed by atoms with Crippen LogP contribution in [0.3, 0.4) is 0 Å². The van der Waals surface area contributed by atoms with Gasteiger partial charge in [-0.25, -0.2) is 4.98 Å². The molecule has 0 bridgehead atoms. The van der Waals surface area contributed by atoms with Crippen LogP contribution in [0, 0.1) is 13.8 Å². The van der Waals surface area contributed by atoms with Gasteiger partial charge < -0.3 is 15.1 Å². The van der Waals surface area contributed by atoms with Gasteiger partial charge in [0.2, 0.25) is 5.91 Å². The Balaban J connectivity index is 1.67. The van der Waals surface area contributed by atoms with E-state index in [0.717, 1.165) is 30.0 Å². The van der Waals surface area contributed by atoms with E-state index in [1.165, 1.54) is 0 Å². The minimum Gasteiger partial charge on any atom is -0.353 e. The van der Waals surface area contributed by atoms with Crippen molar-refractivity contribution in [3.05, 3.63) is 52.2 Å². The van der Waals surface area contributed by atoms with E-state index < -0.39 is 0 Å². The van der Waals surface area contributed by atoms with Crippen molar-refractivity contribution in [2.75, 3.05) is 36.4 Å². The predicted octanol–water partition coefficient (Wildman–Crippen LogP) is 3.27. The molecule has 1 aromatic heterocycles. The summed E-state index contributed by atoms with van der Waals surface area (Å²) in [7, 11) is 0. The number of amides is 2. The fourth-order valence-corrected chi connectivity index (χ4v) is 3.59. The highest BCUT2D eigenvalue weighted by Crippen LogP contribution is 2.28. The van der Waals surface area contributed by atoms with Gasteiger partial charge in [-0.3, -0.25) is 9.59 Å². The molecule has 7 heteroatoms. The second-order valence-corrected chi connectivity index (χ2v) is 7.20. The zero-order valence-electron chi connectivity index (χ0n) is 15.8. The fourth-order valence-electron chi connectivity index (χ4n) is 3.22. The molecule has 2 amide bonds. The van der Waals surface area contributed by atoms with Crippen molar-refractivity contribution in [3.63, 3.8) is 0 Å². The minimum absolute atomic E-state index is 0.0969. The molecule has 1 aliphatic rings. The largest absolute Gasteiger partial charge is 0.353 e. The number of anilines is 2. The molecule has 142 valence electrons.